The van der Waals surface area contributed by atoms with Crippen molar-refractivity contribution in [3.8, 4) is 5.75 Å². The summed E-state index contributed by atoms with van der Waals surface area (Å²) in [6.07, 6.45) is 0. The molecular formula is C13H11FN2O4S. The standard InChI is InChI=1S/C13H11FN2O4S/c14-8-1-3-9(4-2-8)20-6-11(17)15-5-12-16-10(7-21-12)13(18)19/h1-4,7H,5-6H2,(H,15,17)(H,18,19). The van der Waals surface area contributed by atoms with Gasteiger partial charge in [-0.2, -0.15) is 0 Å². The van der Waals surface area contributed by atoms with Crippen LogP contribution in [0.15, 0.2) is 29.6 Å². The van der Waals surface area contributed by atoms with Crippen molar-refractivity contribution in [2.75, 3.05) is 6.61 Å². The molecule has 0 aliphatic heterocycles. The first-order valence-electron chi connectivity index (χ1n) is 5.87. The summed E-state index contributed by atoms with van der Waals surface area (Å²) in [5, 5.41) is 13.2. The van der Waals surface area contributed by atoms with E-state index in [0.29, 0.717) is 10.8 Å². The third kappa shape index (κ3) is 4.53. The average molecular weight is 310 g/mol. The summed E-state index contributed by atoms with van der Waals surface area (Å²) in [4.78, 5) is 26.0. The van der Waals surface area contributed by atoms with E-state index in [1.54, 1.807) is 0 Å². The number of hydrogen-bond donors (Lipinski definition) is 2. The number of nitrogens with one attached hydrogen (secondary N) is 1. The monoisotopic (exact) mass is 310 g/mol. The van der Waals surface area contributed by atoms with E-state index in [1.807, 2.05) is 0 Å². The first-order chi connectivity index (χ1) is 10.0. The molecule has 1 aromatic carbocycles. The molecule has 1 amide bonds. The maximum atomic E-state index is 12.7. The summed E-state index contributed by atoms with van der Waals surface area (Å²) in [7, 11) is 0. The van der Waals surface area contributed by atoms with Crippen molar-refractivity contribution in [1.82, 2.24) is 10.3 Å². The molecular weight excluding hydrogens is 299 g/mol. The number of benzene rings is 1. The fourth-order valence-electron chi connectivity index (χ4n) is 1.40. The molecule has 0 unspecified atom stereocenters. The molecule has 0 saturated heterocycles. The lowest BCUT2D eigenvalue weighted by Gasteiger charge is -2.06. The zero-order chi connectivity index (χ0) is 15.2. The number of carbonyl (C=O) groups excluding carboxylic acids is 1. The van der Waals surface area contributed by atoms with Crippen LogP contribution in [0.2, 0.25) is 0 Å². The minimum absolute atomic E-state index is 0.0492. The third-order valence-electron chi connectivity index (χ3n) is 2.39. The molecule has 8 heteroatoms. The molecule has 21 heavy (non-hydrogen) atoms. The van der Waals surface area contributed by atoms with E-state index >= 15 is 0 Å². The Hall–Kier alpha value is -2.48. The van der Waals surface area contributed by atoms with E-state index in [-0.39, 0.29) is 30.6 Å². The Morgan fingerprint density at radius 1 is 1.33 bits per heavy atom. The molecule has 0 radical (unpaired) electrons. The first kappa shape index (κ1) is 14.9. The summed E-state index contributed by atoms with van der Waals surface area (Å²) >= 11 is 1.15. The number of nitrogens with zero attached hydrogens (tertiary/aromatic N) is 1. The number of thiazole rings is 1. The van der Waals surface area contributed by atoms with Gasteiger partial charge in [-0.05, 0) is 24.3 Å². The number of carbonyl (C=O) groups is 2. The number of rotatable bonds is 6. The minimum atomic E-state index is -1.11. The SMILES string of the molecule is O=C(COc1ccc(F)cc1)NCc1nc(C(=O)O)cs1. The average Bonchev–Trinajstić information content (AvgIpc) is 2.93. The van der Waals surface area contributed by atoms with Crippen molar-refractivity contribution in [1.29, 1.82) is 0 Å². The Kier molecular flexibility index (Phi) is 4.83. The summed E-state index contributed by atoms with van der Waals surface area (Å²) in [5.41, 5.74) is -0.0492. The van der Waals surface area contributed by atoms with Crippen molar-refractivity contribution >= 4 is 23.2 Å². The zero-order valence-corrected chi connectivity index (χ0v) is 11.5. The van der Waals surface area contributed by atoms with Gasteiger partial charge < -0.3 is 15.2 Å². The number of aromatic nitrogens is 1. The lowest BCUT2D eigenvalue weighted by Crippen LogP contribution is -2.28. The molecule has 0 atom stereocenters. The molecule has 0 fully saturated rings. The second-order valence-corrected chi connectivity index (χ2v) is 4.89. The first-order valence-corrected chi connectivity index (χ1v) is 6.75. The second kappa shape index (κ2) is 6.80. The van der Waals surface area contributed by atoms with Crippen LogP contribution in [0, 0.1) is 5.82 Å². The highest BCUT2D eigenvalue weighted by Gasteiger charge is 2.09. The fourth-order valence-corrected chi connectivity index (χ4v) is 2.10. The summed E-state index contributed by atoms with van der Waals surface area (Å²) in [6.45, 7) is -0.0909. The van der Waals surface area contributed by atoms with Gasteiger partial charge in [-0.1, -0.05) is 0 Å². The van der Waals surface area contributed by atoms with E-state index in [4.69, 9.17) is 9.84 Å². The Balaban J connectivity index is 1.76. The highest BCUT2D eigenvalue weighted by atomic mass is 32.1. The molecule has 1 aromatic heterocycles. The van der Waals surface area contributed by atoms with E-state index in [0.717, 1.165) is 11.3 Å². The van der Waals surface area contributed by atoms with Gasteiger partial charge in [0.25, 0.3) is 5.91 Å². The van der Waals surface area contributed by atoms with Crippen LogP contribution in [0.3, 0.4) is 0 Å². The van der Waals surface area contributed by atoms with Crippen LogP contribution in [0.5, 0.6) is 5.75 Å². The number of ether oxygens (including phenoxy) is 1. The molecule has 2 aromatic rings. The normalized spacial score (nSPS) is 10.1. The molecule has 2 rings (SSSR count). The molecule has 2 N–H and O–H groups in total. The van der Waals surface area contributed by atoms with Crippen molar-refractivity contribution in [2.45, 2.75) is 6.54 Å². The third-order valence-corrected chi connectivity index (χ3v) is 3.24. The zero-order valence-electron chi connectivity index (χ0n) is 10.7. The van der Waals surface area contributed by atoms with Crippen LogP contribution in [0.25, 0.3) is 0 Å². The van der Waals surface area contributed by atoms with Crippen LogP contribution in [0.4, 0.5) is 4.39 Å². The van der Waals surface area contributed by atoms with Crippen LogP contribution >= 0.6 is 11.3 Å². The van der Waals surface area contributed by atoms with Crippen molar-refractivity contribution in [3.63, 3.8) is 0 Å². The number of carboxylic acid groups (broad SMARTS) is 1. The van der Waals surface area contributed by atoms with Gasteiger partial charge in [0.05, 0.1) is 6.54 Å². The number of halogens is 1. The number of amides is 1. The van der Waals surface area contributed by atoms with Gasteiger partial charge in [0.1, 0.15) is 16.6 Å². The molecule has 0 aliphatic rings. The van der Waals surface area contributed by atoms with E-state index in [9.17, 15) is 14.0 Å². The quantitative estimate of drug-likeness (QED) is 0.847. The largest absolute Gasteiger partial charge is 0.484 e. The van der Waals surface area contributed by atoms with Gasteiger partial charge in [0.15, 0.2) is 12.3 Å². The minimum Gasteiger partial charge on any atom is -0.484 e. The Bertz CT molecular complexity index is 642. The van der Waals surface area contributed by atoms with Gasteiger partial charge >= 0.3 is 5.97 Å². The Morgan fingerprint density at radius 3 is 2.67 bits per heavy atom. The van der Waals surface area contributed by atoms with Gasteiger partial charge in [-0.3, -0.25) is 4.79 Å². The second-order valence-electron chi connectivity index (χ2n) is 3.95. The summed E-state index contributed by atoms with van der Waals surface area (Å²) < 4.78 is 17.8. The number of hydrogen-bond acceptors (Lipinski definition) is 5. The smallest absolute Gasteiger partial charge is 0.355 e. The number of aromatic carboxylic acids is 1. The Morgan fingerprint density at radius 2 is 2.05 bits per heavy atom. The van der Waals surface area contributed by atoms with Crippen LogP contribution in [-0.2, 0) is 11.3 Å². The molecule has 0 bridgehead atoms. The molecule has 0 spiro atoms. The molecule has 6 nitrogen and oxygen atoms in total. The molecule has 0 aliphatic carbocycles. The Labute approximate surface area is 123 Å². The van der Waals surface area contributed by atoms with Crippen LogP contribution < -0.4 is 10.1 Å². The predicted molar refractivity (Wildman–Crippen MR) is 72.8 cm³/mol. The lowest BCUT2D eigenvalue weighted by molar-refractivity contribution is -0.123. The maximum absolute atomic E-state index is 12.7. The van der Waals surface area contributed by atoms with E-state index in [1.165, 1.54) is 29.6 Å². The molecule has 1 heterocycles. The predicted octanol–water partition coefficient (Wildman–Crippen LogP) is 1.68. The van der Waals surface area contributed by atoms with Gasteiger partial charge in [-0.25, -0.2) is 14.2 Å². The highest BCUT2D eigenvalue weighted by Crippen LogP contribution is 2.11. The topological polar surface area (TPSA) is 88.5 Å². The lowest BCUT2D eigenvalue weighted by atomic mass is 10.3. The molecule has 0 saturated carbocycles. The maximum Gasteiger partial charge on any atom is 0.355 e. The van der Waals surface area contributed by atoms with E-state index in [2.05, 4.69) is 10.3 Å². The van der Waals surface area contributed by atoms with Gasteiger partial charge in [0, 0.05) is 5.38 Å². The van der Waals surface area contributed by atoms with Crippen molar-refractivity contribution in [2.24, 2.45) is 0 Å². The van der Waals surface area contributed by atoms with E-state index < -0.39 is 5.97 Å². The van der Waals surface area contributed by atoms with Gasteiger partial charge in [-0.15, -0.1) is 11.3 Å². The van der Waals surface area contributed by atoms with Crippen molar-refractivity contribution < 1.29 is 23.8 Å². The van der Waals surface area contributed by atoms with Crippen molar-refractivity contribution in [3.05, 3.63) is 46.2 Å². The van der Waals surface area contributed by atoms with Gasteiger partial charge in [0.2, 0.25) is 0 Å². The van der Waals surface area contributed by atoms with Crippen LogP contribution in [-0.4, -0.2) is 28.6 Å². The summed E-state index contributed by atoms with van der Waals surface area (Å²) in [5.74, 6) is -1.49. The summed E-state index contributed by atoms with van der Waals surface area (Å²) in [6, 6.07) is 5.30. The highest BCUT2D eigenvalue weighted by molar-refractivity contribution is 7.09. The fraction of sp³-hybridized carbons (Fsp3) is 0.154. The molecule has 110 valence electrons. The number of carboxylic acids is 1. The van der Waals surface area contributed by atoms with Crippen LogP contribution in [0.1, 0.15) is 15.5 Å².